The minimum absolute atomic E-state index is 0.0889. The van der Waals surface area contributed by atoms with Gasteiger partial charge in [-0.15, -0.1) is 0 Å². The Bertz CT molecular complexity index is 1240. The lowest BCUT2D eigenvalue weighted by Gasteiger charge is -2.47. The van der Waals surface area contributed by atoms with E-state index >= 15 is 0 Å². The lowest BCUT2D eigenvalue weighted by molar-refractivity contribution is -0.174. The van der Waals surface area contributed by atoms with Crippen molar-refractivity contribution in [2.45, 2.75) is 35.7 Å². The van der Waals surface area contributed by atoms with E-state index in [0.29, 0.717) is 25.9 Å². The molecule has 2 saturated heterocycles. The fraction of sp³-hybridized carbons (Fsp3) is 0.375. The number of likely N-dealkylation sites (N-methyl/N-ethyl adjacent to an activating group) is 1. The first-order valence-electron chi connectivity index (χ1n) is 10.9. The van der Waals surface area contributed by atoms with Crippen LogP contribution in [0.4, 0.5) is 0 Å². The number of fused-ring (bicyclic) bond motifs is 1. The molecule has 1 atom stereocenters. The summed E-state index contributed by atoms with van der Waals surface area (Å²) in [6, 6.07) is 14.3. The molecule has 32 heavy (non-hydrogen) atoms. The highest BCUT2D eigenvalue weighted by Crippen LogP contribution is 2.35. The maximum Gasteiger partial charge on any atom is 0.268 e. The van der Waals surface area contributed by atoms with Crippen molar-refractivity contribution in [3.8, 4) is 11.1 Å². The third kappa shape index (κ3) is 3.62. The molecule has 0 bridgehead atoms. The monoisotopic (exact) mass is 454 g/mol. The first-order chi connectivity index (χ1) is 15.4. The highest BCUT2D eigenvalue weighted by molar-refractivity contribution is 7.92. The van der Waals surface area contributed by atoms with E-state index in [0.717, 1.165) is 35.2 Å². The van der Waals surface area contributed by atoms with Crippen LogP contribution in [0.5, 0.6) is 0 Å². The van der Waals surface area contributed by atoms with Gasteiger partial charge in [0.1, 0.15) is 5.58 Å². The highest BCUT2D eigenvalue weighted by Gasteiger charge is 2.50. The first-order valence-corrected chi connectivity index (χ1v) is 12.5. The van der Waals surface area contributed by atoms with Crippen LogP contribution in [-0.2, 0) is 19.4 Å². The number of nitrogens with zero attached hydrogens (tertiary/aromatic N) is 1. The topological polar surface area (TPSA) is 88.8 Å². The van der Waals surface area contributed by atoms with E-state index in [1.165, 1.54) is 0 Å². The SMILES string of the molecule is CCN1CC2(CCNCC2)OC(S(=O)(=O)c2ccc(-c3ccc4occc4c3)cc2)C1=O. The number of ether oxygens (including phenoxy) is 1. The molecule has 168 valence electrons. The number of carbonyl (C=O) groups is 1. The molecule has 0 aliphatic carbocycles. The number of furan rings is 1. The van der Waals surface area contributed by atoms with Crippen molar-refractivity contribution in [1.82, 2.24) is 10.2 Å². The summed E-state index contributed by atoms with van der Waals surface area (Å²) in [6.07, 6.45) is 3.00. The molecule has 1 aromatic heterocycles. The molecular formula is C24H26N2O5S. The van der Waals surface area contributed by atoms with Crippen LogP contribution in [0.1, 0.15) is 19.8 Å². The normalized spacial score (nSPS) is 21.3. The summed E-state index contributed by atoms with van der Waals surface area (Å²) in [7, 11) is -4.00. The average molecular weight is 455 g/mol. The maximum atomic E-state index is 13.5. The molecule has 7 nitrogen and oxygen atoms in total. The molecule has 2 aliphatic rings. The summed E-state index contributed by atoms with van der Waals surface area (Å²) >= 11 is 0. The van der Waals surface area contributed by atoms with Gasteiger partial charge in [-0.05, 0) is 74.3 Å². The number of morpholine rings is 1. The van der Waals surface area contributed by atoms with E-state index in [-0.39, 0.29) is 4.90 Å². The zero-order chi connectivity index (χ0) is 22.3. The standard InChI is InChI=1S/C24H26N2O5S/c1-2-26-16-24(10-12-25-13-11-24)31-23(22(26)27)32(28,29)20-6-3-17(4-7-20)18-5-8-21-19(15-18)9-14-30-21/h3-9,14-15,23,25H,2,10-13,16H2,1H3. The summed E-state index contributed by atoms with van der Waals surface area (Å²) in [5.41, 5.74) is 0.509. The van der Waals surface area contributed by atoms with Crippen LogP contribution in [0.15, 0.2) is 64.1 Å². The molecule has 2 fully saturated rings. The quantitative estimate of drug-likeness (QED) is 0.651. The van der Waals surface area contributed by atoms with Gasteiger partial charge in [0.05, 0.1) is 16.8 Å². The Hall–Kier alpha value is -2.68. The number of sulfone groups is 1. The highest BCUT2D eigenvalue weighted by atomic mass is 32.2. The van der Waals surface area contributed by atoms with Crippen LogP contribution >= 0.6 is 0 Å². The van der Waals surface area contributed by atoms with Crippen LogP contribution in [0.3, 0.4) is 0 Å². The van der Waals surface area contributed by atoms with Gasteiger partial charge in [-0.1, -0.05) is 18.2 Å². The summed E-state index contributed by atoms with van der Waals surface area (Å²) in [4.78, 5) is 14.7. The van der Waals surface area contributed by atoms with E-state index in [1.807, 2.05) is 31.2 Å². The van der Waals surface area contributed by atoms with Crippen LogP contribution in [0, 0.1) is 0 Å². The Balaban J connectivity index is 1.45. The van der Waals surface area contributed by atoms with Gasteiger partial charge in [-0.25, -0.2) is 8.42 Å². The fourth-order valence-corrected chi connectivity index (χ4v) is 6.13. The number of benzene rings is 2. The van der Waals surface area contributed by atoms with E-state index in [1.54, 1.807) is 35.4 Å². The molecule has 2 aliphatic heterocycles. The Morgan fingerprint density at radius 1 is 1.06 bits per heavy atom. The van der Waals surface area contributed by atoms with Crippen molar-refractivity contribution in [2.75, 3.05) is 26.2 Å². The smallest absolute Gasteiger partial charge is 0.268 e. The Morgan fingerprint density at radius 2 is 1.78 bits per heavy atom. The van der Waals surface area contributed by atoms with Crippen LogP contribution in [-0.4, -0.2) is 56.4 Å². The lowest BCUT2D eigenvalue weighted by atomic mass is 9.90. The molecule has 1 unspecified atom stereocenters. The Kier molecular flexibility index (Phi) is 5.31. The molecule has 1 N–H and O–H groups in total. The third-order valence-corrected chi connectivity index (χ3v) is 8.29. The van der Waals surface area contributed by atoms with Gasteiger partial charge in [-0.3, -0.25) is 4.79 Å². The van der Waals surface area contributed by atoms with Gasteiger partial charge in [-0.2, -0.15) is 0 Å². The Morgan fingerprint density at radius 3 is 2.50 bits per heavy atom. The molecule has 1 spiro atoms. The van der Waals surface area contributed by atoms with E-state index in [9.17, 15) is 13.2 Å². The summed E-state index contributed by atoms with van der Waals surface area (Å²) < 4.78 is 38.4. The van der Waals surface area contributed by atoms with Crippen LogP contribution in [0.2, 0.25) is 0 Å². The molecule has 8 heteroatoms. The van der Waals surface area contributed by atoms with Gasteiger partial charge >= 0.3 is 0 Å². The minimum atomic E-state index is -4.00. The number of carbonyl (C=O) groups excluding carboxylic acids is 1. The van der Waals surface area contributed by atoms with Crippen molar-refractivity contribution in [2.24, 2.45) is 0 Å². The molecular weight excluding hydrogens is 428 g/mol. The number of rotatable bonds is 4. The molecule has 2 aromatic carbocycles. The van der Waals surface area contributed by atoms with Gasteiger partial charge < -0.3 is 19.4 Å². The van der Waals surface area contributed by atoms with Gasteiger partial charge in [0, 0.05) is 18.5 Å². The summed E-state index contributed by atoms with van der Waals surface area (Å²) in [5.74, 6) is -0.480. The molecule has 5 rings (SSSR count). The van der Waals surface area contributed by atoms with E-state index in [2.05, 4.69) is 5.32 Å². The molecule has 3 heterocycles. The lowest BCUT2D eigenvalue weighted by Crippen LogP contribution is -2.63. The van der Waals surface area contributed by atoms with Gasteiger partial charge in [0.25, 0.3) is 5.91 Å². The maximum absolute atomic E-state index is 13.5. The van der Waals surface area contributed by atoms with Gasteiger partial charge in [0.15, 0.2) is 0 Å². The first kappa shape index (κ1) is 21.2. The largest absolute Gasteiger partial charge is 0.464 e. The summed E-state index contributed by atoms with van der Waals surface area (Å²) in [6.45, 7) is 4.25. The predicted molar refractivity (Wildman–Crippen MR) is 121 cm³/mol. The van der Waals surface area contributed by atoms with E-state index < -0.39 is 26.8 Å². The Labute approximate surface area is 187 Å². The van der Waals surface area contributed by atoms with Crippen molar-refractivity contribution in [1.29, 1.82) is 0 Å². The van der Waals surface area contributed by atoms with Crippen molar-refractivity contribution in [3.05, 3.63) is 54.8 Å². The van der Waals surface area contributed by atoms with Crippen molar-refractivity contribution in [3.63, 3.8) is 0 Å². The minimum Gasteiger partial charge on any atom is -0.464 e. The third-order valence-electron chi connectivity index (χ3n) is 6.50. The zero-order valence-corrected chi connectivity index (χ0v) is 18.7. The molecule has 0 radical (unpaired) electrons. The average Bonchev–Trinajstić information content (AvgIpc) is 3.29. The number of amides is 1. The van der Waals surface area contributed by atoms with Gasteiger partial charge in [0.2, 0.25) is 15.3 Å². The molecule has 3 aromatic rings. The van der Waals surface area contributed by atoms with Crippen molar-refractivity contribution < 1.29 is 22.4 Å². The fourth-order valence-electron chi connectivity index (χ4n) is 4.62. The number of nitrogens with one attached hydrogen (secondary N) is 1. The van der Waals surface area contributed by atoms with Crippen LogP contribution < -0.4 is 5.32 Å². The predicted octanol–water partition coefficient (Wildman–Crippen LogP) is 3.20. The molecule has 0 saturated carbocycles. The van der Waals surface area contributed by atoms with E-state index in [4.69, 9.17) is 9.15 Å². The van der Waals surface area contributed by atoms with Crippen LogP contribution in [0.25, 0.3) is 22.1 Å². The number of hydrogen-bond acceptors (Lipinski definition) is 6. The second kappa shape index (κ2) is 8.03. The summed E-state index contributed by atoms with van der Waals surface area (Å²) in [5, 5.41) is 4.26. The number of hydrogen-bond donors (Lipinski definition) is 1. The number of piperidine rings is 1. The second-order valence-electron chi connectivity index (χ2n) is 8.48. The second-order valence-corrected chi connectivity index (χ2v) is 10.5. The molecule has 1 amide bonds. The van der Waals surface area contributed by atoms with Crippen molar-refractivity contribution >= 4 is 26.7 Å². The zero-order valence-electron chi connectivity index (χ0n) is 17.9.